The lowest BCUT2D eigenvalue weighted by atomic mass is 9.85. The van der Waals surface area contributed by atoms with Gasteiger partial charge in [-0.05, 0) is 37.3 Å². The molecule has 0 spiro atoms. The van der Waals surface area contributed by atoms with Crippen LogP contribution in [0.2, 0.25) is 0 Å². The van der Waals surface area contributed by atoms with Crippen molar-refractivity contribution in [1.29, 1.82) is 0 Å². The third-order valence-electron chi connectivity index (χ3n) is 4.58. The van der Waals surface area contributed by atoms with Crippen molar-refractivity contribution in [3.63, 3.8) is 0 Å². The van der Waals surface area contributed by atoms with E-state index in [1.165, 1.54) is 19.3 Å². The first-order valence-electron chi connectivity index (χ1n) is 7.67. The van der Waals surface area contributed by atoms with Crippen LogP contribution in [-0.4, -0.2) is 40.1 Å². The second-order valence-corrected chi connectivity index (χ2v) is 5.76. The molecule has 4 nitrogen and oxygen atoms in total. The second-order valence-electron chi connectivity index (χ2n) is 5.76. The van der Waals surface area contributed by atoms with Gasteiger partial charge in [-0.2, -0.15) is 0 Å². The number of carbonyl (C=O) groups excluding carboxylic acids is 1. The number of likely N-dealkylation sites (tertiary alicyclic amines) is 1. The molecule has 1 aromatic heterocycles. The Morgan fingerprint density at radius 3 is 3.10 bits per heavy atom. The lowest BCUT2D eigenvalue weighted by Crippen LogP contribution is -2.39. The normalized spacial score (nSPS) is 24.1. The predicted octanol–water partition coefficient (Wildman–Crippen LogP) is 1.83. The Labute approximate surface area is 125 Å². The minimum atomic E-state index is -0.211. The fourth-order valence-electron chi connectivity index (χ4n) is 3.61. The molecule has 1 N–H and O–H groups in total. The lowest BCUT2D eigenvalue weighted by molar-refractivity contribution is 0.0684. The highest BCUT2D eigenvalue weighted by Gasteiger charge is 2.39. The van der Waals surface area contributed by atoms with Crippen molar-refractivity contribution in [2.24, 2.45) is 5.92 Å². The zero-order valence-corrected chi connectivity index (χ0v) is 12.1. The summed E-state index contributed by atoms with van der Waals surface area (Å²) >= 11 is 0. The first-order chi connectivity index (χ1) is 10.3. The van der Waals surface area contributed by atoms with Gasteiger partial charge in [-0.1, -0.05) is 24.7 Å². The quantitative estimate of drug-likeness (QED) is 0.801. The van der Waals surface area contributed by atoms with Gasteiger partial charge in [0.15, 0.2) is 0 Å². The summed E-state index contributed by atoms with van der Waals surface area (Å²) < 4.78 is 0. The molecular formula is C17H20N2O2. The molecule has 1 aliphatic carbocycles. The van der Waals surface area contributed by atoms with Crippen LogP contribution in [-0.2, 0) is 0 Å². The van der Waals surface area contributed by atoms with Gasteiger partial charge in [0.05, 0.1) is 5.56 Å². The molecule has 3 rings (SSSR count). The highest BCUT2D eigenvalue weighted by Crippen LogP contribution is 2.36. The average molecular weight is 284 g/mol. The van der Waals surface area contributed by atoms with Gasteiger partial charge in [-0.25, -0.2) is 4.98 Å². The van der Waals surface area contributed by atoms with Gasteiger partial charge in [0.25, 0.3) is 5.91 Å². The summed E-state index contributed by atoms with van der Waals surface area (Å²) in [5.41, 5.74) is 1.03. The number of rotatable bonds is 1. The highest BCUT2D eigenvalue weighted by atomic mass is 16.2. The third kappa shape index (κ3) is 2.79. The third-order valence-corrected chi connectivity index (χ3v) is 4.58. The molecule has 2 atom stereocenters. The predicted molar refractivity (Wildman–Crippen MR) is 79.6 cm³/mol. The van der Waals surface area contributed by atoms with Gasteiger partial charge >= 0.3 is 0 Å². The zero-order valence-electron chi connectivity index (χ0n) is 12.1. The van der Waals surface area contributed by atoms with E-state index in [1.807, 2.05) is 4.90 Å². The molecule has 1 saturated carbocycles. The lowest BCUT2D eigenvalue weighted by Gasteiger charge is -2.31. The first kappa shape index (κ1) is 14.1. The Hall–Kier alpha value is -1.86. The molecular weight excluding hydrogens is 264 g/mol. The number of nitrogens with zero attached hydrogens (tertiary/aromatic N) is 2. The Balaban J connectivity index is 1.85. The van der Waals surface area contributed by atoms with E-state index in [2.05, 4.69) is 16.8 Å². The maximum absolute atomic E-state index is 12.8. The van der Waals surface area contributed by atoms with Crippen LogP contribution < -0.4 is 0 Å². The Bertz CT molecular complexity index is 588. The number of aliphatic hydroxyl groups excluding tert-OH is 1. The van der Waals surface area contributed by atoms with Crippen LogP contribution in [0.3, 0.4) is 0 Å². The maximum atomic E-state index is 12.8. The van der Waals surface area contributed by atoms with Crippen molar-refractivity contribution < 1.29 is 9.90 Å². The van der Waals surface area contributed by atoms with Crippen molar-refractivity contribution in [3.05, 3.63) is 29.6 Å². The number of hydrogen-bond donors (Lipinski definition) is 1. The van der Waals surface area contributed by atoms with E-state index >= 15 is 0 Å². The number of aromatic nitrogens is 1. The van der Waals surface area contributed by atoms with Crippen molar-refractivity contribution in [2.45, 2.75) is 38.1 Å². The molecule has 2 fully saturated rings. The van der Waals surface area contributed by atoms with E-state index in [1.54, 1.807) is 18.3 Å². The Morgan fingerprint density at radius 1 is 1.38 bits per heavy atom. The van der Waals surface area contributed by atoms with Gasteiger partial charge in [0, 0.05) is 18.8 Å². The number of fused-ring (bicyclic) bond motifs is 1. The molecule has 1 amide bonds. The molecule has 0 bridgehead atoms. The summed E-state index contributed by atoms with van der Waals surface area (Å²) in [7, 11) is 0. The van der Waals surface area contributed by atoms with E-state index < -0.39 is 0 Å². The summed E-state index contributed by atoms with van der Waals surface area (Å²) in [4.78, 5) is 19.1. The van der Waals surface area contributed by atoms with Crippen molar-refractivity contribution in [1.82, 2.24) is 9.88 Å². The van der Waals surface area contributed by atoms with Crippen LogP contribution in [0.5, 0.6) is 0 Å². The fraction of sp³-hybridized carbons (Fsp3) is 0.529. The topological polar surface area (TPSA) is 53.4 Å². The fourth-order valence-corrected chi connectivity index (χ4v) is 3.61. The number of pyridine rings is 1. The molecule has 21 heavy (non-hydrogen) atoms. The van der Waals surface area contributed by atoms with Gasteiger partial charge in [-0.3, -0.25) is 4.79 Å². The minimum absolute atomic E-state index is 0.00719. The molecule has 1 aromatic rings. The SMILES string of the molecule is O=C(c1ncccc1C#CCO)N1CCC2CCCCC21. The molecule has 110 valence electrons. The molecule has 1 aliphatic heterocycles. The van der Waals surface area contributed by atoms with Gasteiger partial charge < -0.3 is 10.0 Å². The summed E-state index contributed by atoms with van der Waals surface area (Å²) in [6.45, 7) is 0.620. The molecule has 2 aliphatic rings. The molecule has 1 saturated heterocycles. The molecule has 2 heterocycles. The zero-order chi connectivity index (χ0) is 14.7. The van der Waals surface area contributed by atoms with E-state index in [-0.39, 0.29) is 12.5 Å². The van der Waals surface area contributed by atoms with Gasteiger partial charge in [0.2, 0.25) is 0 Å². The highest BCUT2D eigenvalue weighted by molar-refractivity contribution is 5.95. The monoisotopic (exact) mass is 284 g/mol. The average Bonchev–Trinajstić information content (AvgIpc) is 2.96. The van der Waals surface area contributed by atoms with Crippen LogP contribution in [0.15, 0.2) is 18.3 Å². The number of carbonyl (C=O) groups is 1. The largest absolute Gasteiger partial charge is 0.384 e. The summed E-state index contributed by atoms with van der Waals surface area (Å²) in [6, 6.07) is 3.94. The molecule has 0 radical (unpaired) electrons. The van der Waals surface area contributed by atoms with Crippen LogP contribution in [0, 0.1) is 17.8 Å². The Kier molecular flexibility index (Phi) is 4.21. The number of aliphatic hydroxyl groups is 1. The van der Waals surface area contributed by atoms with Crippen molar-refractivity contribution in [3.8, 4) is 11.8 Å². The minimum Gasteiger partial charge on any atom is -0.384 e. The first-order valence-corrected chi connectivity index (χ1v) is 7.67. The molecule has 0 aromatic carbocycles. The van der Waals surface area contributed by atoms with Crippen LogP contribution in [0.25, 0.3) is 0 Å². The van der Waals surface area contributed by atoms with Gasteiger partial charge in [0.1, 0.15) is 12.3 Å². The second kappa shape index (κ2) is 6.28. The number of amides is 1. The number of hydrogen-bond acceptors (Lipinski definition) is 3. The van der Waals surface area contributed by atoms with Crippen molar-refractivity contribution in [2.75, 3.05) is 13.2 Å². The maximum Gasteiger partial charge on any atom is 0.274 e. The van der Waals surface area contributed by atoms with Crippen LogP contribution in [0.4, 0.5) is 0 Å². The van der Waals surface area contributed by atoms with Crippen molar-refractivity contribution >= 4 is 5.91 Å². The molecule has 2 unspecified atom stereocenters. The summed E-state index contributed by atoms with van der Waals surface area (Å²) in [5, 5.41) is 8.83. The Morgan fingerprint density at radius 2 is 2.24 bits per heavy atom. The van der Waals surface area contributed by atoms with Crippen LogP contribution >= 0.6 is 0 Å². The van der Waals surface area contributed by atoms with Crippen LogP contribution in [0.1, 0.15) is 48.2 Å². The molecule has 4 heteroatoms. The van der Waals surface area contributed by atoms with E-state index in [4.69, 9.17) is 5.11 Å². The van der Waals surface area contributed by atoms with Gasteiger partial charge in [-0.15, -0.1) is 0 Å². The summed E-state index contributed by atoms with van der Waals surface area (Å²) in [5.74, 6) is 6.09. The van der Waals surface area contributed by atoms with E-state index in [9.17, 15) is 4.79 Å². The van der Waals surface area contributed by atoms with E-state index in [0.29, 0.717) is 23.2 Å². The summed E-state index contributed by atoms with van der Waals surface area (Å²) in [6.07, 6.45) is 7.60. The smallest absolute Gasteiger partial charge is 0.274 e. The van der Waals surface area contributed by atoms with E-state index in [0.717, 1.165) is 19.4 Å². The standard InChI is InChI=1S/C17H20N2O2/c20-12-4-7-14-6-3-10-18-16(14)17(21)19-11-9-13-5-1-2-8-15(13)19/h3,6,10,13,15,20H,1-2,5,8-9,11-12H2.